The van der Waals surface area contributed by atoms with Crippen molar-refractivity contribution in [2.45, 2.75) is 53.6 Å². The van der Waals surface area contributed by atoms with Crippen molar-refractivity contribution in [3.63, 3.8) is 0 Å². The third-order valence-corrected chi connectivity index (χ3v) is 6.21. The molecular weight excluding hydrogens is 348 g/mol. The van der Waals surface area contributed by atoms with E-state index in [-0.39, 0.29) is 0 Å². The van der Waals surface area contributed by atoms with Gasteiger partial charge in [0.15, 0.2) is 11.6 Å². The summed E-state index contributed by atoms with van der Waals surface area (Å²) >= 11 is 0. The van der Waals surface area contributed by atoms with Crippen LogP contribution in [-0.4, -0.2) is 55.5 Å². The Bertz CT molecular complexity index is 686. The molecule has 154 valence electrons. The predicted octanol–water partition coefficient (Wildman–Crippen LogP) is 3.35. The Labute approximate surface area is 169 Å². The van der Waals surface area contributed by atoms with E-state index in [9.17, 15) is 0 Å². The van der Waals surface area contributed by atoms with Gasteiger partial charge in [-0.15, -0.1) is 10.2 Å². The molecule has 2 aromatic heterocycles. The number of aromatic nitrogens is 4. The Kier molecular flexibility index (Phi) is 5.88. The molecule has 6 heteroatoms. The molecule has 0 unspecified atom stereocenters. The SMILES string of the molecule is C[C@@H]1C[C@@H](C)CN(Cc2nnc(CN3C[C@H](C)C[C@H](C)C3)n2-n2cccc2)C1. The molecule has 2 aliphatic rings. The summed E-state index contributed by atoms with van der Waals surface area (Å²) in [7, 11) is 0. The monoisotopic (exact) mass is 384 g/mol. The molecule has 0 radical (unpaired) electrons. The molecule has 4 rings (SSSR count). The van der Waals surface area contributed by atoms with E-state index < -0.39 is 0 Å². The Balaban J connectivity index is 1.56. The molecule has 2 aliphatic heterocycles. The number of rotatable bonds is 5. The molecular formula is C22H36N6. The lowest BCUT2D eigenvalue weighted by Gasteiger charge is -2.35. The van der Waals surface area contributed by atoms with Gasteiger partial charge in [-0.3, -0.25) is 14.5 Å². The first-order chi connectivity index (χ1) is 13.5. The van der Waals surface area contributed by atoms with E-state index in [1.807, 2.05) is 0 Å². The van der Waals surface area contributed by atoms with Gasteiger partial charge in [-0.1, -0.05) is 27.7 Å². The minimum absolute atomic E-state index is 0.752. The van der Waals surface area contributed by atoms with Crippen LogP contribution in [0.15, 0.2) is 24.5 Å². The summed E-state index contributed by atoms with van der Waals surface area (Å²) in [6.45, 7) is 15.8. The fraction of sp³-hybridized carbons (Fsp3) is 0.727. The van der Waals surface area contributed by atoms with Gasteiger partial charge in [-0.05, 0) is 48.6 Å². The maximum absolute atomic E-state index is 4.64. The van der Waals surface area contributed by atoms with Gasteiger partial charge in [0.2, 0.25) is 0 Å². The van der Waals surface area contributed by atoms with Crippen molar-refractivity contribution >= 4 is 0 Å². The van der Waals surface area contributed by atoms with Crippen LogP contribution < -0.4 is 0 Å². The first kappa shape index (κ1) is 19.6. The molecule has 28 heavy (non-hydrogen) atoms. The van der Waals surface area contributed by atoms with Crippen molar-refractivity contribution in [2.24, 2.45) is 23.7 Å². The van der Waals surface area contributed by atoms with E-state index in [4.69, 9.17) is 0 Å². The van der Waals surface area contributed by atoms with E-state index in [1.165, 1.54) is 12.8 Å². The standard InChI is InChI=1S/C22H36N6/c1-17-9-18(2)12-25(11-17)15-21-23-24-22(28(21)27-7-5-6-8-27)16-26-13-19(3)10-20(4)14-26/h5-8,17-20H,9-16H2,1-4H3/t17-,18-,19-,20+/m1/s1. The third kappa shape index (κ3) is 4.49. The summed E-state index contributed by atoms with van der Waals surface area (Å²) in [4.78, 5) is 5.11. The molecule has 0 bridgehead atoms. The van der Waals surface area contributed by atoms with E-state index in [1.54, 1.807) is 0 Å². The van der Waals surface area contributed by atoms with Crippen molar-refractivity contribution in [2.75, 3.05) is 26.2 Å². The van der Waals surface area contributed by atoms with Gasteiger partial charge in [-0.25, -0.2) is 4.68 Å². The zero-order valence-corrected chi connectivity index (χ0v) is 18.0. The second-order valence-electron chi connectivity index (χ2n) is 9.69. The first-order valence-electron chi connectivity index (χ1n) is 11.0. The van der Waals surface area contributed by atoms with E-state index in [0.717, 1.165) is 74.6 Å². The fourth-order valence-electron chi connectivity index (χ4n) is 5.51. The van der Waals surface area contributed by atoms with Crippen molar-refractivity contribution in [1.82, 2.24) is 29.3 Å². The van der Waals surface area contributed by atoms with Crippen molar-refractivity contribution < 1.29 is 0 Å². The van der Waals surface area contributed by atoms with Crippen molar-refractivity contribution in [3.05, 3.63) is 36.2 Å². The lowest BCUT2D eigenvalue weighted by atomic mass is 9.92. The number of likely N-dealkylation sites (tertiary alicyclic amines) is 2. The molecule has 0 aromatic carbocycles. The number of piperidine rings is 2. The summed E-state index contributed by atoms with van der Waals surface area (Å²) in [5.74, 6) is 5.10. The minimum atomic E-state index is 0.752. The Morgan fingerprint density at radius 2 is 1.11 bits per heavy atom. The Morgan fingerprint density at radius 1 is 0.714 bits per heavy atom. The van der Waals surface area contributed by atoms with Gasteiger partial charge >= 0.3 is 0 Å². The number of hydrogen-bond acceptors (Lipinski definition) is 4. The van der Waals surface area contributed by atoms with Gasteiger partial charge < -0.3 is 0 Å². The molecule has 0 saturated carbocycles. The second kappa shape index (κ2) is 8.37. The highest BCUT2D eigenvalue weighted by atomic mass is 15.5. The van der Waals surface area contributed by atoms with Crippen LogP contribution in [-0.2, 0) is 13.1 Å². The van der Waals surface area contributed by atoms with Gasteiger partial charge in [-0.2, -0.15) is 0 Å². The molecule has 0 N–H and O–H groups in total. The smallest absolute Gasteiger partial charge is 0.167 e. The van der Waals surface area contributed by atoms with Crippen LogP contribution in [0.2, 0.25) is 0 Å². The van der Waals surface area contributed by atoms with E-state index in [0.29, 0.717) is 0 Å². The van der Waals surface area contributed by atoms with Gasteiger partial charge in [0.1, 0.15) is 0 Å². The lowest BCUT2D eigenvalue weighted by molar-refractivity contribution is 0.125. The van der Waals surface area contributed by atoms with Gasteiger partial charge in [0.25, 0.3) is 0 Å². The maximum Gasteiger partial charge on any atom is 0.167 e. The summed E-state index contributed by atoms with van der Waals surface area (Å²) in [6.07, 6.45) is 6.85. The molecule has 4 atom stereocenters. The van der Waals surface area contributed by atoms with E-state index in [2.05, 4.69) is 81.6 Å². The third-order valence-electron chi connectivity index (χ3n) is 6.21. The van der Waals surface area contributed by atoms with Crippen LogP contribution in [0, 0.1) is 23.7 Å². The average Bonchev–Trinajstić information content (AvgIpc) is 3.23. The van der Waals surface area contributed by atoms with Gasteiger partial charge in [0, 0.05) is 38.6 Å². The number of nitrogens with zero attached hydrogens (tertiary/aromatic N) is 6. The van der Waals surface area contributed by atoms with Crippen LogP contribution in [0.1, 0.15) is 52.2 Å². The van der Waals surface area contributed by atoms with Crippen LogP contribution >= 0.6 is 0 Å². The van der Waals surface area contributed by atoms with Crippen molar-refractivity contribution in [1.29, 1.82) is 0 Å². The van der Waals surface area contributed by atoms with Gasteiger partial charge in [0.05, 0.1) is 13.1 Å². The average molecular weight is 385 g/mol. The normalized spacial score (nSPS) is 30.0. The highest BCUT2D eigenvalue weighted by Gasteiger charge is 2.26. The molecule has 0 amide bonds. The number of hydrogen-bond donors (Lipinski definition) is 0. The molecule has 0 spiro atoms. The predicted molar refractivity (Wildman–Crippen MR) is 112 cm³/mol. The van der Waals surface area contributed by atoms with E-state index >= 15 is 0 Å². The quantitative estimate of drug-likeness (QED) is 0.793. The zero-order chi connectivity index (χ0) is 19.7. The summed E-state index contributed by atoms with van der Waals surface area (Å²) < 4.78 is 4.37. The topological polar surface area (TPSA) is 42.1 Å². The van der Waals surface area contributed by atoms with Crippen LogP contribution in [0.5, 0.6) is 0 Å². The molecule has 2 saturated heterocycles. The largest absolute Gasteiger partial charge is 0.295 e. The Hall–Kier alpha value is -1.66. The zero-order valence-electron chi connectivity index (χ0n) is 18.0. The second-order valence-corrected chi connectivity index (χ2v) is 9.69. The molecule has 6 nitrogen and oxygen atoms in total. The summed E-state index contributed by atoms with van der Waals surface area (Å²) in [5, 5.41) is 9.29. The maximum atomic E-state index is 4.64. The first-order valence-corrected chi connectivity index (χ1v) is 11.0. The van der Waals surface area contributed by atoms with Crippen molar-refractivity contribution in [3.8, 4) is 0 Å². The highest BCUT2D eigenvalue weighted by molar-refractivity contribution is 5.02. The van der Waals surface area contributed by atoms with Crippen LogP contribution in [0.3, 0.4) is 0 Å². The Morgan fingerprint density at radius 3 is 1.50 bits per heavy atom. The van der Waals surface area contributed by atoms with Crippen LogP contribution in [0.4, 0.5) is 0 Å². The minimum Gasteiger partial charge on any atom is -0.295 e. The summed E-state index contributed by atoms with van der Waals surface area (Å²) in [6, 6.07) is 4.15. The molecule has 4 heterocycles. The lowest BCUT2D eigenvalue weighted by Crippen LogP contribution is -2.40. The highest BCUT2D eigenvalue weighted by Crippen LogP contribution is 2.24. The summed E-state index contributed by atoms with van der Waals surface area (Å²) in [5.41, 5.74) is 0. The molecule has 2 fully saturated rings. The molecule has 2 aromatic rings. The molecule has 0 aliphatic carbocycles. The fourth-order valence-corrected chi connectivity index (χ4v) is 5.51. The van der Waals surface area contributed by atoms with Crippen LogP contribution in [0.25, 0.3) is 0 Å².